The van der Waals surface area contributed by atoms with Crippen LogP contribution in [0, 0.1) is 0 Å². The van der Waals surface area contributed by atoms with E-state index in [1.54, 1.807) is 0 Å². The van der Waals surface area contributed by atoms with Gasteiger partial charge in [-0.05, 0) is 24.1 Å². The maximum atomic E-state index is 12.4. The lowest BCUT2D eigenvalue weighted by molar-refractivity contribution is -0.132. The van der Waals surface area contributed by atoms with Crippen LogP contribution in [0.5, 0.6) is 0 Å². The van der Waals surface area contributed by atoms with Gasteiger partial charge in [0.15, 0.2) is 0 Å². The van der Waals surface area contributed by atoms with Gasteiger partial charge in [-0.15, -0.1) is 0 Å². The molecule has 2 saturated heterocycles. The van der Waals surface area contributed by atoms with Gasteiger partial charge in [0.05, 0.1) is 0 Å². The number of halogens is 1. The fourth-order valence-corrected chi connectivity index (χ4v) is 3.80. The fraction of sp³-hybridized carbons (Fsp3) is 0.500. The largest absolute Gasteiger partial charge is 0.340 e. The van der Waals surface area contributed by atoms with Crippen molar-refractivity contribution in [2.24, 2.45) is 0 Å². The molecule has 0 radical (unpaired) electrons. The molecule has 1 amide bonds. The van der Waals surface area contributed by atoms with Gasteiger partial charge in [0.2, 0.25) is 5.91 Å². The number of amides is 1. The van der Waals surface area contributed by atoms with Crippen LogP contribution in [0.2, 0.25) is 0 Å². The van der Waals surface area contributed by atoms with E-state index >= 15 is 0 Å². The molecule has 108 valence electrons. The summed E-state index contributed by atoms with van der Waals surface area (Å²) in [6.45, 7) is 1.76. The van der Waals surface area contributed by atoms with Gasteiger partial charge in [-0.3, -0.25) is 4.79 Å². The maximum absolute atomic E-state index is 12.4. The topological polar surface area (TPSA) is 44.4 Å². The molecule has 2 heterocycles. The van der Waals surface area contributed by atoms with Crippen LogP contribution in [-0.2, 0) is 4.79 Å². The van der Waals surface area contributed by atoms with E-state index in [1.807, 2.05) is 28.8 Å². The first-order valence-electron chi connectivity index (χ1n) is 6.87. The van der Waals surface area contributed by atoms with Crippen LogP contribution in [0.25, 0.3) is 0 Å². The molecule has 0 saturated carbocycles. The Balaban J connectivity index is 1.61. The highest BCUT2D eigenvalue weighted by atomic mass is 79.9. The Kier molecular flexibility index (Phi) is 4.65. The molecule has 0 aromatic heterocycles. The number of hydrogen-bond donors (Lipinski definition) is 2. The molecule has 2 atom stereocenters. The second-order valence-corrected chi connectivity index (χ2v) is 7.26. The zero-order valence-electron chi connectivity index (χ0n) is 11.1. The van der Waals surface area contributed by atoms with E-state index in [-0.39, 0.29) is 18.0 Å². The quantitative estimate of drug-likeness (QED) is 0.850. The van der Waals surface area contributed by atoms with Gasteiger partial charge in [-0.2, -0.15) is 11.8 Å². The zero-order valence-corrected chi connectivity index (χ0v) is 13.5. The van der Waals surface area contributed by atoms with E-state index < -0.39 is 0 Å². The first kappa shape index (κ1) is 14.4. The average molecular weight is 356 g/mol. The number of thioether (sulfide) groups is 1. The summed E-state index contributed by atoms with van der Waals surface area (Å²) >= 11 is 5.37. The van der Waals surface area contributed by atoms with Crippen LogP contribution in [0.4, 0.5) is 0 Å². The van der Waals surface area contributed by atoms with Crippen molar-refractivity contribution in [3.05, 3.63) is 34.3 Å². The van der Waals surface area contributed by atoms with Crippen molar-refractivity contribution >= 4 is 33.6 Å². The number of carbonyl (C=O) groups excluding carboxylic acids is 1. The van der Waals surface area contributed by atoms with Crippen LogP contribution in [0.1, 0.15) is 18.0 Å². The summed E-state index contributed by atoms with van der Waals surface area (Å²) in [6, 6.07) is 8.35. The third-order valence-electron chi connectivity index (χ3n) is 3.80. The van der Waals surface area contributed by atoms with Crippen LogP contribution >= 0.6 is 27.7 Å². The number of hydrogen-bond acceptors (Lipinski definition) is 4. The third kappa shape index (κ3) is 3.19. The van der Waals surface area contributed by atoms with Crippen LogP contribution in [0.3, 0.4) is 0 Å². The Bertz CT molecular complexity index is 476. The molecule has 0 spiro atoms. The normalized spacial score (nSPS) is 26.8. The monoisotopic (exact) mass is 355 g/mol. The average Bonchev–Trinajstić information content (AvgIpc) is 2.98. The molecular formula is C14H18BrN3OS. The molecule has 2 aliphatic rings. The van der Waals surface area contributed by atoms with Gasteiger partial charge in [0, 0.05) is 35.1 Å². The number of carbonyl (C=O) groups is 1. The number of hydrazine groups is 1. The lowest BCUT2D eigenvalue weighted by Gasteiger charge is -2.28. The minimum Gasteiger partial charge on any atom is -0.340 e. The van der Waals surface area contributed by atoms with Crippen molar-refractivity contribution in [3.63, 3.8) is 0 Å². The first-order valence-corrected chi connectivity index (χ1v) is 8.82. The summed E-state index contributed by atoms with van der Waals surface area (Å²) in [5, 5.41) is 0. The molecule has 1 aromatic rings. The van der Waals surface area contributed by atoms with Crippen molar-refractivity contribution in [2.45, 2.75) is 18.5 Å². The van der Waals surface area contributed by atoms with Crippen molar-refractivity contribution in [2.75, 3.05) is 24.6 Å². The third-order valence-corrected chi connectivity index (χ3v) is 5.27. The molecule has 6 heteroatoms. The van der Waals surface area contributed by atoms with Crippen molar-refractivity contribution < 1.29 is 4.79 Å². The smallest absolute Gasteiger partial charge is 0.241 e. The molecule has 20 heavy (non-hydrogen) atoms. The molecule has 0 aliphatic carbocycles. The Morgan fingerprint density at radius 2 is 1.90 bits per heavy atom. The van der Waals surface area contributed by atoms with Crippen molar-refractivity contribution in [1.29, 1.82) is 0 Å². The summed E-state index contributed by atoms with van der Waals surface area (Å²) in [7, 11) is 0. The van der Waals surface area contributed by atoms with Crippen LogP contribution in [0.15, 0.2) is 28.7 Å². The molecule has 2 unspecified atom stereocenters. The predicted octanol–water partition coefficient (Wildman–Crippen LogP) is 1.93. The van der Waals surface area contributed by atoms with E-state index in [0.717, 1.165) is 35.5 Å². The van der Waals surface area contributed by atoms with E-state index in [1.165, 1.54) is 5.56 Å². The van der Waals surface area contributed by atoms with E-state index in [2.05, 4.69) is 38.9 Å². The predicted molar refractivity (Wildman–Crippen MR) is 85.5 cm³/mol. The van der Waals surface area contributed by atoms with E-state index in [4.69, 9.17) is 0 Å². The number of nitrogens with zero attached hydrogens (tertiary/aromatic N) is 1. The molecule has 0 bridgehead atoms. The van der Waals surface area contributed by atoms with E-state index in [9.17, 15) is 4.79 Å². The summed E-state index contributed by atoms with van der Waals surface area (Å²) in [5.41, 5.74) is 7.61. The molecule has 2 N–H and O–H groups in total. The standard InChI is InChI=1S/C14H18BrN3OS/c15-11-3-1-10(2-4-11)12-9-13(17-16-12)14(19)18-5-7-20-8-6-18/h1-4,12-13,16-17H,5-9H2. The molecule has 2 fully saturated rings. The highest BCUT2D eigenvalue weighted by Crippen LogP contribution is 2.25. The van der Waals surface area contributed by atoms with Gasteiger partial charge in [-0.25, -0.2) is 10.9 Å². The number of nitrogens with one attached hydrogen (secondary N) is 2. The minimum atomic E-state index is -0.105. The van der Waals surface area contributed by atoms with Gasteiger partial charge in [-0.1, -0.05) is 28.1 Å². The zero-order chi connectivity index (χ0) is 13.9. The SMILES string of the molecule is O=C(C1CC(c2ccc(Br)cc2)NN1)N1CCSCC1. The van der Waals surface area contributed by atoms with Crippen LogP contribution < -0.4 is 10.9 Å². The van der Waals surface area contributed by atoms with Crippen LogP contribution in [-0.4, -0.2) is 41.4 Å². The first-order chi connectivity index (χ1) is 9.74. The molecule has 1 aromatic carbocycles. The summed E-state index contributed by atoms with van der Waals surface area (Å²) in [6.07, 6.45) is 0.810. The fourth-order valence-electron chi connectivity index (χ4n) is 2.64. The van der Waals surface area contributed by atoms with Gasteiger partial charge >= 0.3 is 0 Å². The van der Waals surface area contributed by atoms with Crippen molar-refractivity contribution in [3.8, 4) is 0 Å². The molecule has 2 aliphatic heterocycles. The number of benzene rings is 1. The van der Waals surface area contributed by atoms with Gasteiger partial charge < -0.3 is 4.90 Å². The second-order valence-electron chi connectivity index (χ2n) is 5.12. The summed E-state index contributed by atoms with van der Waals surface area (Å²) in [5.74, 6) is 2.35. The highest BCUT2D eigenvalue weighted by Gasteiger charge is 2.33. The molecular weight excluding hydrogens is 338 g/mol. The Morgan fingerprint density at radius 1 is 1.20 bits per heavy atom. The van der Waals surface area contributed by atoms with Gasteiger partial charge in [0.25, 0.3) is 0 Å². The second kappa shape index (κ2) is 6.47. The number of rotatable bonds is 2. The molecule has 3 rings (SSSR count). The lowest BCUT2D eigenvalue weighted by Crippen LogP contribution is -2.48. The Labute approximate surface area is 131 Å². The minimum absolute atomic E-state index is 0.105. The molecule has 4 nitrogen and oxygen atoms in total. The highest BCUT2D eigenvalue weighted by molar-refractivity contribution is 9.10. The van der Waals surface area contributed by atoms with E-state index in [0.29, 0.717) is 0 Å². The lowest BCUT2D eigenvalue weighted by atomic mass is 10.0. The van der Waals surface area contributed by atoms with Gasteiger partial charge in [0.1, 0.15) is 6.04 Å². The summed E-state index contributed by atoms with van der Waals surface area (Å²) in [4.78, 5) is 14.4. The Hall–Kier alpha value is -0.560. The summed E-state index contributed by atoms with van der Waals surface area (Å²) < 4.78 is 1.07. The van der Waals surface area contributed by atoms with Crippen molar-refractivity contribution in [1.82, 2.24) is 15.8 Å². The Morgan fingerprint density at radius 3 is 2.60 bits per heavy atom. The maximum Gasteiger partial charge on any atom is 0.241 e.